The van der Waals surface area contributed by atoms with Crippen molar-refractivity contribution in [3.05, 3.63) is 29.6 Å². The molecule has 19 heavy (non-hydrogen) atoms. The van der Waals surface area contributed by atoms with Gasteiger partial charge < -0.3 is 10.4 Å². The Morgan fingerprint density at radius 1 is 1.32 bits per heavy atom. The summed E-state index contributed by atoms with van der Waals surface area (Å²) in [7, 11) is 0. The van der Waals surface area contributed by atoms with Crippen molar-refractivity contribution in [1.82, 2.24) is 10.3 Å². The Bertz CT molecular complexity index is 448. The van der Waals surface area contributed by atoms with E-state index < -0.39 is 0 Å². The number of hydrogen-bond donors (Lipinski definition) is 2. The highest BCUT2D eigenvalue weighted by atomic mass is 16.3. The zero-order valence-corrected chi connectivity index (χ0v) is 12.4. The minimum atomic E-state index is -0.158. The van der Waals surface area contributed by atoms with Gasteiger partial charge in [-0.15, -0.1) is 0 Å². The smallest absolute Gasteiger partial charge is 0.251 e. The minimum absolute atomic E-state index is 0.00447. The lowest BCUT2D eigenvalue weighted by molar-refractivity contribution is 0.0867. The second kappa shape index (κ2) is 5.70. The van der Waals surface area contributed by atoms with Crippen molar-refractivity contribution in [2.75, 3.05) is 6.54 Å². The first-order valence-electron chi connectivity index (χ1n) is 6.51. The maximum atomic E-state index is 12.1. The van der Waals surface area contributed by atoms with Gasteiger partial charge in [0.15, 0.2) is 0 Å². The van der Waals surface area contributed by atoms with Gasteiger partial charge in [-0.2, -0.15) is 0 Å². The van der Waals surface area contributed by atoms with E-state index in [2.05, 4.69) is 44.9 Å². The zero-order chi connectivity index (χ0) is 14.7. The Morgan fingerprint density at radius 3 is 2.47 bits per heavy atom. The molecule has 0 radical (unpaired) electrons. The number of carbonyl (C=O) groups is 1. The monoisotopic (exact) mass is 264 g/mol. The van der Waals surface area contributed by atoms with E-state index in [0.717, 1.165) is 0 Å². The van der Waals surface area contributed by atoms with Crippen LogP contribution in [0, 0.1) is 10.8 Å². The summed E-state index contributed by atoms with van der Waals surface area (Å²) in [5.41, 5.74) is 1.14. The molecule has 0 saturated heterocycles. The van der Waals surface area contributed by atoms with Gasteiger partial charge in [0.25, 0.3) is 5.91 Å². The second-order valence-electron chi connectivity index (χ2n) is 6.51. The first kappa shape index (κ1) is 15.6. The Labute approximate surface area is 115 Å². The Morgan fingerprint density at radius 2 is 1.95 bits per heavy atom. The van der Waals surface area contributed by atoms with Crippen molar-refractivity contribution in [2.24, 2.45) is 10.8 Å². The fourth-order valence-corrected chi connectivity index (χ4v) is 1.37. The summed E-state index contributed by atoms with van der Waals surface area (Å²) >= 11 is 0. The molecule has 0 fully saturated rings. The van der Waals surface area contributed by atoms with Crippen LogP contribution >= 0.6 is 0 Å². The quantitative estimate of drug-likeness (QED) is 0.877. The van der Waals surface area contributed by atoms with Gasteiger partial charge in [0.1, 0.15) is 0 Å². The van der Waals surface area contributed by atoms with E-state index >= 15 is 0 Å². The predicted octanol–water partition coefficient (Wildman–Crippen LogP) is 2.38. The molecule has 4 heteroatoms. The average Bonchev–Trinajstić information content (AvgIpc) is 2.34. The van der Waals surface area contributed by atoms with Crippen LogP contribution in [-0.2, 0) is 6.61 Å². The van der Waals surface area contributed by atoms with Gasteiger partial charge >= 0.3 is 0 Å². The van der Waals surface area contributed by atoms with Crippen molar-refractivity contribution in [3.8, 4) is 0 Å². The standard InChI is InChI=1S/C15H24N2O2/c1-14(2,3)15(4,5)10-17-13(19)11-6-7-16-12(8-11)9-18/h6-8,18H,9-10H2,1-5H3,(H,17,19). The topological polar surface area (TPSA) is 62.2 Å². The summed E-state index contributed by atoms with van der Waals surface area (Å²) in [4.78, 5) is 16.0. The van der Waals surface area contributed by atoms with Gasteiger partial charge in [-0.1, -0.05) is 34.6 Å². The molecule has 1 aromatic heterocycles. The summed E-state index contributed by atoms with van der Waals surface area (Å²) in [5.74, 6) is -0.130. The van der Waals surface area contributed by atoms with Crippen molar-refractivity contribution in [1.29, 1.82) is 0 Å². The molecule has 1 aromatic rings. The number of aliphatic hydroxyl groups is 1. The van der Waals surface area contributed by atoms with Crippen LogP contribution in [0.15, 0.2) is 18.3 Å². The molecule has 0 aliphatic carbocycles. The van der Waals surface area contributed by atoms with Gasteiger partial charge in [0, 0.05) is 18.3 Å². The summed E-state index contributed by atoms with van der Waals surface area (Å²) in [6, 6.07) is 3.26. The summed E-state index contributed by atoms with van der Waals surface area (Å²) < 4.78 is 0. The van der Waals surface area contributed by atoms with Gasteiger partial charge in [-0.25, -0.2) is 0 Å². The van der Waals surface area contributed by atoms with E-state index in [-0.39, 0.29) is 23.3 Å². The number of amides is 1. The number of aromatic nitrogens is 1. The Kier molecular flexibility index (Phi) is 4.69. The van der Waals surface area contributed by atoms with E-state index in [4.69, 9.17) is 5.11 Å². The molecule has 0 spiro atoms. The Balaban J connectivity index is 2.70. The molecule has 1 rings (SSSR count). The van der Waals surface area contributed by atoms with Gasteiger partial charge in [-0.05, 0) is 23.0 Å². The van der Waals surface area contributed by atoms with Gasteiger partial charge in [0.2, 0.25) is 0 Å². The summed E-state index contributed by atoms with van der Waals surface area (Å²) in [5, 5.41) is 12.0. The predicted molar refractivity (Wildman–Crippen MR) is 75.7 cm³/mol. The molecule has 1 heterocycles. The molecule has 2 N–H and O–H groups in total. The van der Waals surface area contributed by atoms with E-state index in [1.54, 1.807) is 12.1 Å². The van der Waals surface area contributed by atoms with Crippen LogP contribution < -0.4 is 5.32 Å². The molecule has 0 aromatic carbocycles. The third-order valence-corrected chi connectivity index (χ3v) is 3.96. The number of carbonyl (C=O) groups excluding carboxylic acids is 1. The van der Waals surface area contributed by atoms with Crippen molar-refractivity contribution in [3.63, 3.8) is 0 Å². The van der Waals surface area contributed by atoms with Crippen molar-refractivity contribution >= 4 is 5.91 Å². The lowest BCUT2D eigenvalue weighted by Gasteiger charge is -2.38. The molecular weight excluding hydrogens is 240 g/mol. The average molecular weight is 264 g/mol. The van der Waals surface area contributed by atoms with Gasteiger partial charge in [-0.3, -0.25) is 9.78 Å². The molecule has 0 saturated carbocycles. The first-order valence-corrected chi connectivity index (χ1v) is 6.51. The number of hydrogen-bond acceptors (Lipinski definition) is 3. The molecular formula is C15H24N2O2. The number of pyridine rings is 1. The molecule has 0 bridgehead atoms. The number of nitrogens with zero attached hydrogens (tertiary/aromatic N) is 1. The molecule has 0 aliphatic heterocycles. The third kappa shape index (κ3) is 4.03. The number of nitrogens with one attached hydrogen (secondary N) is 1. The number of aliphatic hydroxyl groups excluding tert-OH is 1. The summed E-state index contributed by atoms with van der Waals surface area (Å²) in [6.45, 7) is 11.2. The maximum Gasteiger partial charge on any atom is 0.251 e. The van der Waals surface area contributed by atoms with Crippen molar-refractivity contribution < 1.29 is 9.90 Å². The largest absolute Gasteiger partial charge is 0.390 e. The fourth-order valence-electron chi connectivity index (χ4n) is 1.37. The molecule has 4 nitrogen and oxygen atoms in total. The van der Waals surface area contributed by atoms with E-state index in [9.17, 15) is 4.79 Å². The summed E-state index contributed by atoms with van der Waals surface area (Å²) in [6.07, 6.45) is 1.54. The maximum absolute atomic E-state index is 12.1. The van der Waals surface area contributed by atoms with Crippen LogP contribution in [0.2, 0.25) is 0 Å². The van der Waals surface area contributed by atoms with Crippen LogP contribution in [0.25, 0.3) is 0 Å². The lowest BCUT2D eigenvalue weighted by atomic mass is 9.69. The molecule has 1 amide bonds. The van der Waals surface area contributed by atoms with Crippen LogP contribution in [0.1, 0.15) is 50.7 Å². The highest BCUT2D eigenvalue weighted by Crippen LogP contribution is 2.36. The zero-order valence-electron chi connectivity index (χ0n) is 12.4. The van der Waals surface area contributed by atoms with Crippen LogP contribution in [0.3, 0.4) is 0 Å². The van der Waals surface area contributed by atoms with Gasteiger partial charge in [0.05, 0.1) is 12.3 Å². The Hall–Kier alpha value is -1.42. The third-order valence-electron chi connectivity index (χ3n) is 3.96. The highest BCUT2D eigenvalue weighted by Gasteiger charge is 2.32. The molecule has 0 atom stereocenters. The van der Waals surface area contributed by atoms with E-state index in [0.29, 0.717) is 17.8 Å². The highest BCUT2D eigenvalue weighted by molar-refractivity contribution is 5.94. The fraction of sp³-hybridized carbons (Fsp3) is 0.600. The SMILES string of the molecule is CC(C)(C)C(C)(C)CNC(=O)c1ccnc(CO)c1. The van der Waals surface area contributed by atoms with E-state index in [1.807, 2.05) is 0 Å². The number of rotatable bonds is 4. The minimum Gasteiger partial charge on any atom is -0.390 e. The second-order valence-corrected chi connectivity index (χ2v) is 6.51. The van der Waals surface area contributed by atoms with Crippen molar-refractivity contribution in [2.45, 2.75) is 41.2 Å². The molecule has 0 unspecified atom stereocenters. The van der Waals surface area contributed by atoms with Crippen LogP contribution in [0.5, 0.6) is 0 Å². The first-order chi connectivity index (χ1) is 8.67. The normalized spacial score (nSPS) is 12.3. The molecule has 0 aliphatic rings. The van der Waals surface area contributed by atoms with E-state index in [1.165, 1.54) is 6.20 Å². The van der Waals surface area contributed by atoms with Crippen LogP contribution in [-0.4, -0.2) is 22.5 Å². The lowest BCUT2D eigenvalue weighted by Crippen LogP contribution is -2.41. The van der Waals surface area contributed by atoms with Crippen LogP contribution in [0.4, 0.5) is 0 Å². The molecule has 106 valence electrons.